The lowest BCUT2D eigenvalue weighted by Crippen LogP contribution is -2.18. The van der Waals surface area contributed by atoms with Crippen molar-refractivity contribution in [2.75, 3.05) is 5.75 Å². The van der Waals surface area contributed by atoms with Crippen molar-refractivity contribution in [3.8, 4) is 0 Å². The molecule has 6 heteroatoms. The van der Waals surface area contributed by atoms with E-state index in [9.17, 15) is 9.59 Å². The van der Waals surface area contributed by atoms with Crippen molar-refractivity contribution in [1.29, 1.82) is 0 Å². The first-order valence-corrected chi connectivity index (χ1v) is 8.39. The van der Waals surface area contributed by atoms with Crippen molar-refractivity contribution in [3.05, 3.63) is 68.6 Å². The number of H-pyrrole nitrogens is 1. The third-order valence-electron chi connectivity index (χ3n) is 3.19. The molecule has 0 saturated carbocycles. The van der Waals surface area contributed by atoms with E-state index in [0.717, 1.165) is 5.57 Å². The number of ketones is 1. The standard InChI is InChI=1S/C17H17ClN2O2S/c1-10(2)8-14-11(3)19-17(20-16(14)22)23-9-15(21)12-4-6-13(18)7-5-12/h4-7H,1,8-9H2,2-3H3,(H,19,20,22). The Bertz CT molecular complexity index is 797. The van der Waals surface area contributed by atoms with Gasteiger partial charge in [0.15, 0.2) is 10.9 Å². The van der Waals surface area contributed by atoms with Gasteiger partial charge in [-0.05, 0) is 38.1 Å². The quantitative estimate of drug-likeness (QED) is 0.373. The van der Waals surface area contributed by atoms with Crippen LogP contribution in [-0.2, 0) is 6.42 Å². The summed E-state index contributed by atoms with van der Waals surface area (Å²) >= 11 is 7.01. The molecule has 1 heterocycles. The van der Waals surface area contributed by atoms with E-state index in [4.69, 9.17) is 11.6 Å². The molecule has 120 valence electrons. The van der Waals surface area contributed by atoms with Gasteiger partial charge in [0.2, 0.25) is 0 Å². The summed E-state index contributed by atoms with van der Waals surface area (Å²) in [4.78, 5) is 31.3. The van der Waals surface area contributed by atoms with Crippen molar-refractivity contribution >= 4 is 29.1 Å². The van der Waals surface area contributed by atoms with E-state index >= 15 is 0 Å². The molecule has 0 aliphatic heterocycles. The first-order chi connectivity index (χ1) is 10.9. The predicted octanol–water partition coefficient (Wildman–Crippen LogP) is 3.83. The third kappa shape index (κ3) is 4.81. The van der Waals surface area contributed by atoms with Gasteiger partial charge >= 0.3 is 0 Å². The summed E-state index contributed by atoms with van der Waals surface area (Å²) in [6, 6.07) is 6.72. The highest BCUT2D eigenvalue weighted by molar-refractivity contribution is 7.99. The van der Waals surface area contributed by atoms with Crippen LogP contribution in [0.15, 0.2) is 46.4 Å². The zero-order chi connectivity index (χ0) is 17.0. The van der Waals surface area contributed by atoms with Gasteiger partial charge in [0.05, 0.1) is 5.75 Å². The number of nitrogens with one attached hydrogen (secondary N) is 1. The second kappa shape index (κ2) is 7.62. The number of thioether (sulfide) groups is 1. The molecule has 2 aromatic rings. The Hall–Kier alpha value is -1.85. The van der Waals surface area contributed by atoms with E-state index < -0.39 is 0 Å². The molecule has 0 aliphatic carbocycles. The second-order valence-corrected chi connectivity index (χ2v) is 6.69. The first kappa shape index (κ1) is 17.5. The Morgan fingerprint density at radius 2 is 2.00 bits per heavy atom. The lowest BCUT2D eigenvalue weighted by molar-refractivity contribution is 0.102. The molecule has 0 fully saturated rings. The van der Waals surface area contributed by atoms with Gasteiger partial charge in [0.1, 0.15) is 0 Å². The van der Waals surface area contributed by atoms with Gasteiger partial charge in [0.25, 0.3) is 5.56 Å². The number of allylic oxidation sites excluding steroid dienone is 1. The highest BCUT2D eigenvalue weighted by atomic mass is 35.5. The fourth-order valence-corrected chi connectivity index (χ4v) is 2.94. The topological polar surface area (TPSA) is 62.8 Å². The van der Waals surface area contributed by atoms with Crippen molar-refractivity contribution < 1.29 is 4.79 Å². The van der Waals surface area contributed by atoms with Crippen LogP contribution in [0, 0.1) is 6.92 Å². The fourth-order valence-electron chi connectivity index (χ4n) is 2.02. The van der Waals surface area contributed by atoms with Crippen LogP contribution >= 0.6 is 23.4 Å². The van der Waals surface area contributed by atoms with Gasteiger partial charge in [-0.25, -0.2) is 4.98 Å². The molecule has 0 radical (unpaired) electrons. The molecular formula is C17H17ClN2O2S. The normalized spacial score (nSPS) is 10.6. The van der Waals surface area contributed by atoms with Crippen molar-refractivity contribution in [2.24, 2.45) is 0 Å². The Morgan fingerprint density at radius 1 is 1.35 bits per heavy atom. The molecule has 1 aromatic carbocycles. The maximum absolute atomic E-state index is 12.1. The summed E-state index contributed by atoms with van der Waals surface area (Å²) in [5.41, 5.74) is 2.59. The van der Waals surface area contributed by atoms with Gasteiger partial charge in [-0.1, -0.05) is 35.5 Å². The molecule has 0 aliphatic rings. The van der Waals surface area contributed by atoms with Gasteiger partial charge < -0.3 is 4.98 Å². The van der Waals surface area contributed by atoms with Crippen LogP contribution < -0.4 is 5.56 Å². The highest BCUT2D eigenvalue weighted by Crippen LogP contribution is 2.17. The maximum Gasteiger partial charge on any atom is 0.255 e. The number of benzene rings is 1. The van der Waals surface area contributed by atoms with Gasteiger partial charge in [-0.15, -0.1) is 0 Å². The summed E-state index contributed by atoms with van der Waals surface area (Å²) in [5, 5.41) is 1.03. The van der Waals surface area contributed by atoms with Crippen LogP contribution in [0.5, 0.6) is 0 Å². The van der Waals surface area contributed by atoms with Crippen LogP contribution in [0.1, 0.15) is 28.5 Å². The van der Waals surface area contributed by atoms with Crippen LogP contribution in [0.25, 0.3) is 0 Å². The molecule has 2 rings (SSSR count). The number of carbonyl (C=O) groups excluding carboxylic acids is 1. The third-order valence-corrected chi connectivity index (χ3v) is 4.31. The Kier molecular flexibility index (Phi) is 5.80. The highest BCUT2D eigenvalue weighted by Gasteiger charge is 2.11. The summed E-state index contributed by atoms with van der Waals surface area (Å²) in [7, 11) is 0. The maximum atomic E-state index is 12.1. The van der Waals surface area contributed by atoms with E-state index in [1.165, 1.54) is 11.8 Å². The zero-order valence-corrected chi connectivity index (χ0v) is 14.6. The summed E-state index contributed by atoms with van der Waals surface area (Å²) in [6.07, 6.45) is 0.503. The number of Topliss-reactive ketones (excluding diaryl/α,β-unsaturated/α-hetero) is 1. The lowest BCUT2D eigenvalue weighted by Gasteiger charge is -2.07. The monoisotopic (exact) mass is 348 g/mol. The Labute approximate surface area is 144 Å². The van der Waals surface area contributed by atoms with E-state index in [-0.39, 0.29) is 17.1 Å². The number of hydrogen-bond donors (Lipinski definition) is 1. The average Bonchev–Trinajstić information content (AvgIpc) is 2.49. The molecule has 4 nitrogen and oxygen atoms in total. The van der Waals surface area contributed by atoms with Gasteiger partial charge in [0, 0.05) is 28.3 Å². The van der Waals surface area contributed by atoms with Crippen LogP contribution in [0.4, 0.5) is 0 Å². The Morgan fingerprint density at radius 3 is 2.57 bits per heavy atom. The van der Waals surface area contributed by atoms with Gasteiger partial charge in [-0.2, -0.15) is 0 Å². The number of nitrogens with zero attached hydrogens (tertiary/aromatic N) is 1. The molecular weight excluding hydrogens is 332 g/mol. The largest absolute Gasteiger partial charge is 0.301 e. The van der Waals surface area contributed by atoms with E-state index in [0.29, 0.717) is 33.4 Å². The average molecular weight is 349 g/mol. The minimum absolute atomic E-state index is 0.0435. The molecule has 23 heavy (non-hydrogen) atoms. The van der Waals surface area contributed by atoms with E-state index in [2.05, 4.69) is 16.5 Å². The van der Waals surface area contributed by atoms with E-state index in [1.54, 1.807) is 31.2 Å². The van der Waals surface area contributed by atoms with E-state index in [1.807, 2.05) is 6.92 Å². The number of aromatic amines is 1. The molecule has 1 N–H and O–H groups in total. The predicted molar refractivity (Wildman–Crippen MR) is 94.6 cm³/mol. The van der Waals surface area contributed by atoms with Crippen LogP contribution in [0.2, 0.25) is 5.02 Å². The number of hydrogen-bond acceptors (Lipinski definition) is 4. The number of carbonyl (C=O) groups is 1. The number of aryl methyl sites for hydroxylation is 1. The SMILES string of the molecule is C=C(C)Cc1c(C)nc(SCC(=O)c2ccc(Cl)cc2)[nH]c1=O. The smallest absolute Gasteiger partial charge is 0.255 e. The molecule has 0 spiro atoms. The Balaban J connectivity index is 2.09. The lowest BCUT2D eigenvalue weighted by atomic mass is 10.1. The summed E-state index contributed by atoms with van der Waals surface area (Å²) in [5.74, 6) is 0.155. The number of halogens is 1. The van der Waals surface area contributed by atoms with Crippen LogP contribution in [-0.4, -0.2) is 21.5 Å². The minimum Gasteiger partial charge on any atom is -0.301 e. The molecule has 0 amide bonds. The molecule has 0 saturated heterocycles. The number of aromatic nitrogens is 2. The molecule has 1 aromatic heterocycles. The second-order valence-electron chi connectivity index (χ2n) is 5.29. The number of rotatable bonds is 6. The summed E-state index contributed by atoms with van der Waals surface area (Å²) < 4.78 is 0. The molecule has 0 bridgehead atoms. The van der Waals surface area contributed by atoms with Crippen molar-refractivity contribution in [1.82, 2.24) is 9.97 Å². The minimum atomic E-state index is -0.179. The van der Waals surface area contributed by atoms with Crippen molar-refractivity contribution in [3.63, 3.8) is 0 Å². The molecule has 0 unspecified atom stereocenters. The van der Waals surface area contributed by atoms with Crippen LogP contribution in [0.3, 0.4) is 0 Å². The summed E-state index contributed by atoms with van der Waals surface area (Å²) in [6.45, 7) is 7.47. The molecule has 0 atom stereocenters. The fraction of sp³-hybridized carbons (Fsp3) is 0.235. The zero-order valence-electron chi connectivity index (χ0n) is 13.0. The van der Waals surface area contributed by atoms with Crippen molar-refractivity contribution in [2.45, 2.75) is 25.4 Å². The first-order valence-electron chi connectivity index (χ1n) is 7.02. The van der Waals surface area contributed by atoms with Gasteiger partial charge in [-0.3, -0.25) is 9.59 Å².